The minimum absolute atomic E-state index is 0.0537. The summed E-state index contributed by atoms with van der Waals surface area (Å²) in [5.74, 6) is -5.38. The Hall–Kier alpha value is -4.72. The molecule has 8 nitrogen and oxygen atoms in total. The molecule has 4 N–H and O–H groups in total. The van der Waals surface area contributed by atoms with Crippen LogP contribution in [-0.4, -0.2) is 44.3 Å². The van der Waals surface area contributed by atoms with Crippen LogP contribution in [-0.2, 0) is 0 Å². The highest BCUT2D eigenvalue weighted by molar-refractivity contribution is 6.37. The van der Waals surface area contributed by atoms with Crippen molar-refractivity contribution in [3.8, 4) is 0 Å². The normalized spacial score (nSPS) is 11.5. The van der Waals surface area contributed by atoms with Crippen LogP contribution in [0.5, 0.6) is 0 Å². The average molecular weight is 428 g/mol. The molecular formula is C24H12O8. The molecule has 8 heteroatoms. The lowest BCUT2D eigenvalue weighted by Crippen LogP contribution is -2.10. The number of carbonyl (C=O) groups is 4. The fraction of sp³-hybridized carbons (Fsp3) is 0. The third-order valence-electron chi connectivity index (χ3n) is 5.71. The van der Waals surface area contributed by atoms with Gasteiger partial charge in [-0.05, 0) is 68.0 Å². The van der Waals surface area contributed by atoms with E-state index in [-0.39, 0.29) is 21.9 Å². The Balaban J connectivity index is 2.23. The van der Waals surface area contributed by atoms with Crippen LogP contribution in [0.15, 0.2) is 48.5 Å². The summed E-state index contributed by atoms with van der Waals surface area (Å²) in [4.78, 5) is 47.6. The zero-order valence-corrected chi connectivity index (χ0v) is 16.0. The van der Waals surface area contributed by atoms with E-state index in [0.717, 1.165) is 0 Å². The quantitative estimate of drug-likeness (QED) is 0.241. The summed E-state index contributed by atoms with van der Waals surface area (Å²) < 4.78 is 0. The van der Waals surface area contributed by atoms with Crippen molar-refractivity contribution in [3.63, 3.8) is 0 Å². The maximum Gasteiger partial charge on any atom is 0.337 e. The Labute approximate surface area is 177 Å². The summed E-state index contributed by atoms with van der Waals surface area (Å²) >= 11 is 0. The summed E-state index contributed by atoms with van der Waals surface area (Å²) in [5, 5.41) is 41.8. The summed E-state index contributed by atoms with van der Waals surface area (Å²) in [6.07, 6.45) is 0. The van der Waals surface area contributed by atoms with Crippen LogP contribution in [0.4, 0.5) is 0 Å². The highest BCUT2D eigenvalue weighted by Crippen LogP contribution is 2.43. The van der Waals surface area contributed by atoms with Crippen LogP contribution < -0.4 is 0 Å². The van der Waals surface area contributed by atoms with Crippen molar-refractivity contribution in [3.05, 3.63) is 70.8 Å². The van der Waals surface area contributed by atoms with Gasteiger partial charge in [-0.2, -0.15) is 0 Å². The number of benzene rings is 5. The fourth-order valence-corrected chi connectivity index (χ4v) is 4.51. The molecule has 0 aliphatic heterocycles. The van der Waals surface area contributed by atoms with E-state index in [0.29, 0.717) is 32.3 Å². The minimum atomic E-state index is -1.46. The van der Waals surface area contributed by atoms with Gasteiger partial charge in [-0.1, -0.05) is 18.2 Å². The Kier molecular flexibility index (Phi) is 3.84. The maximum atomic E-state index is 12.2. The lowest BCUT2D eigenvalue weighted by Gasteiger charge is -2.18. The number of hydrogen-bond donors (Lipinski definition) is 4. The van der Waals surface area contributed by atoms with E-state index in [1.54, 1.807) is 18.2 Å². The summed E-state index contributed by atoms with van der Waals surface area (Å²) in [6.45, 7) is 0. The van der Waals surface area contributed by atoms with Crippen LogP contribution in [0.25, 0.3) is 43.1 Å². The van der Waals surface area contributed by atoms with Crippen molar-refractivity contribution in [2.75, 3.05) is 0 Å². The standard InChI is InChI=1S/C24H12O8/c25-21(26)11-4-10-5-12(22(27)28)8-15-17(10)14(7-11)13-3-1-2-9-6-16(23(29)30)20(24(31)32)19(15)18(9)13/h1-8H,(H,25,26)(H,27,28)(H,29,30)(H,31,32). The molecule has 5 aromatic rings. The highest BCUT2D eigenvalue weighted by atomic mass is 16.4. The molecule has 0 radical (unpaired) electrons. The molecule has 156 valence electrons. The monoisotopic (exact) mass is 428 g/mol. The molecule has 5 aromatic carbocycles. The molecule has 0 heterocycles. The van der Waals surface area contributed by atoms with E-state index in [1.165, 1.54) is 30.3 Å². The first-order valence-electron chi connectivity index (χ1n) is 9.34. The summed E-state index contributed by atoms with van der Waals surface area (Å²) in [5.41, 5.74) is -1.10. The first kappa shape index (κ1) is 19.3. The molecule has 0 spiro atoms. The van der Waals surface area contributed by atoms with Crippen molar-refractivity contribution in [1.82, 2.24) is 0 Å². The highest BCUT2D eigenvalue weighted by Gasteiger charge is 2.26. The molecule has 0 amide bonds. The number of aromatic carboxylic acids is 4. The molecule has 0 saturated carbocycles. The minimum Gasteiger partial charge on any atom is -0.478 e. The number of carboxylic acid groups (broad SMARTS) is 4. The molecule has 0 fully saturated rings. The number of rotatable bonds is 4. The molecule has 0 aliphatic rings. The van der Waals surface area contributed by atoms with Crippen LogP contribution in [0.2, 0.25) is 0 Å². The van der Waals surface area contributed by atoms with E-state index in [1.807, 2.05) is 0 Å². The van der Waals surface area contributed by atoms with Gasteiger partial charge in [-0.3, -0.25) is 0 Å². The maximum absolute atomic E-state index is 12.2. The van der Waals surface area contributed by atoms with Crippen molar-refractivity contribution in [2.45, 2.75) is 0 Å². The predicted octanol–water partition coefficient (Wildman–Crippen LogP) is 4.53. The first-order chi connectivity index (χ1) is 15.2. The smallest absolute Gasteiger partial charge is 0.337 e. The number of fused-ring (bicyclic) bond motifs is 2. The lowest BCUT2D eigenvalue weighted by molar-refractivity contribution is 0.0653. The Morgan fingerprint density at radius 1 is 0.531 bits per heavy atom. The lowest BCUT2D eigenvalue weighted by atomic mass is 9.84. The van der Waals surface area contributed by atoms with Gasteiger partial charge in [0.05, 0.1) is 22.3 Å². The average Bonchev–Trinajstić information content (AvgIpc) is 2.75. The van der Waals surface area contributed by atoms with Crippen LogP contribution in [0.3, 0.4) is 0 Å². The Morgan fingerprint density at radius 3 is 1.72 bits per heavy atom. The van der Waals surface area contributed by atoms with Gasteiger partial charge in [0.2, 0.25) is 0 Å². The molecular weight excluding hydrogens is 416 g/mol. The molecule has 0 aromatic heterocycles. The van der Waals surface area contributed by atoms with Crippen molar-refractivity contribution < 1.29 is 39.6 Å². The van der Waals surface area contributed by atoms with E-state index >= 15 is 0 Å². The molecule has 0 saturated heterocycles. The van der Waals surface area contributed by atoms with Gasteiger partial charge >= 0.3 is 23.9 Å². The molecule has 0 unspecified atom stereocenters. The molecule has 5 rings (SSSR count). The second kappa shape index (κ2) is 6.39. The van der Waals surface area contributed by atoms with Crippen molar-refractivity contribution >= 4 is 67.0 Å². The van der Waals surface area contributed by atoms with Gasteiger partial charge < -0.3 is 20.4 Å². The number of hydrogen-bond acceptors (Lipinski definition) is 4. The summed E-state index contributed by atoms with van der Waals surface area (Å²) in [7, 11) is 0. The molecule has 0 atom stereocenters. The predicted molar refractivity (Wildman–Crippen MR) is 115 cm³/mol. The van der Waals surface area contributed by atoms with Crippen molar-refractivity contribution in [1.29, 1.82) is 0 Å². The van der Waals surface area contributed by atoms with E-state index in [2.05, 4.69) is 0 Å². The van der Waals surface area contributed by atoms with E-state index < -0.39 is 35.0 Å². The van der Waals surface area contributed by atoms with Gasteiger partial charge in [0.1, 0.15) is 0 Å². The van der Waals surface area contributed by atoms with Gasteiger partial charge in [-0.25, -0.2) is 19.2 Å². The molecule has 32 heavy (non-hydrogen) atoms. The van der Waals surface area contributed by atoms with E-state index in [9.17, 15) is 39.6 Å². The van der Waals surface area contributed by atoms with Crippen molar-refractivity contribution in [2.24, 2.45) is 0 Å². The zero-order chi connectivity index (χ0) is 22.9. The third-order valence-corrected chi connectivity index (χ3v) is 5.71. The SMILES string of the molecule is O=C(O)c1cc2cc(C(=O)O)cc3c4c(C(=O)O)c(C(=O)O)cc5cccc(c(c1)c23)c54. The van der Waals surface area contributed by atoms with Gasteiger partial charge in [0.15, 0.2) is 0 Å². The second-order valence-electron chi connectivity index (χ2n) is 7.44. The Bertz CT molecular complexity index is 1670. The van der Waals surface area contributed by atoms with Gasteiger partial charge in [-0.15, -0.1) is 0 Å². The van der Waals surface area contributed by atoms with Crippen LogP contribution >= 0.6 is 0 Å². The summed E-state index contributed by atoms with van der Waals surface area (Å²) in [6, 6.07) is 11.7. The molecule has 0 aliphatic carbocycles. The van der Waals surface area contributed by atoms with E-state index in [4.69, 9.17) is 0 Å². The Morgan fingerprint density at radius 2 is 1.16 bits per heavy atom. The van der Waals surface area contributed by atoms with Crippen LogP contribution in [0, 0.1) is 0 Å². The second-order valence-corrected chi connectivity index (χ2v) is 7.44. The third kappa shape index (κ3) is 2.50. The molecule has 0 bridgehead atoms. The zero-order valence-electron chi connectivity index (χ0n) is 16.0. The van der Waals surface area contributed by atoms with Gasteiger partial charge in [0.25, 0.3) is 0 Å². The fourth-order valence-electron chi connectivity index (χ4n) is 4.51. The number of carboxylic acids is 4. The van der Waals surface area contributed by atoms with Gasteiger partial charge in [0, 0.05) is 5.39 Å². The largest absolute Gasteiger partial charge is 0.478 e. The first-order valence-corrected chi connectivity index (χ1v) is 9.34. The topological polar surface area (TPSA) is 149 Å². The van der Waals surface area contributed by atoms with Crippen LogP contribution in [0.1, 0.15) is 41.4 Å².